The van der Waals surface area contributed by atoms with Crippen molar-refractivity contribution in [3.8, 4) is 17.2 Å². The van der Waals surface area contributed by atoms with E-state index in [1.807, 2.05) is 45.0 Å². The molecule has 1 atom stereocenters. The van der Waals surface area contributed by atoms with Gasteiger partial charge in [0.25, 0.3) is 5.91 Å². The molecule has 0 aromatic heterocycles. The van der Waals surface area contributed by atoms with Crippen LogP contribution in [-0.4, -0.2) is 25.2 Å². The number of carbonyl (C=O) groups excluding carboxylic acids is 1. The molecule has 5 heteroatoms. The van der Waals surface area contributed by atoms with Crippen LogP contribution in [0.25, 0.3) is 0 Å². The van der Waals surface area contributed by atoms with Crippen LogP contribution >= 0.6 is 0 Å². The molecule has 2 aromatic rings. The number of benzene rings is 2. The predicted molar refractivity (Wildman–Crippen MR) is 102 cm³/mol. The summed E-state index contributed by atoms with van der Waals surface area (Å²) in [6.45, 7) is 6.35. The number of carbonyl (C=O) groups is 1. The molecule has 1 N–H and O–H groups in total. The van der Waals surface area contributed by atoms with Crippen molar-refractivity contribution in [2.24, 2.45) is 0 Å². The Kier molecular flexibility index (Phi) is 7.33. The van der Waals surface area contributed by atoms with E-state index in [0.717, 1.165) is 17.1 Å². The summed E-state index contributed by atoms with van der Waals surface area (Å²) in [6.07, 6.45) is 0.187. The van der Waals surface area contributed by atoms with E-state index in [0.29, 0.717) is 18.7 Å². The minimum absolute atomic E-state index is 0.133. The number of hydrogen-bond donors (Lipinski definition) is 1. The summed E-state index contributed by atoms with van der Waals surface area (Å²) in [5.74, 6) is 2.08. The molecule has 0 unspecified atom stereocenters. The Hall–Kier alpha value is -2.69. The van der Waals surface area contributed by atoms with Gasteiger partial charge >= 0.3 is 0 Å². The average molecular weight is 357 g/mol. The first-order chi connectivity index (χ1) is 12.5. The van der Waals surface area contributed by atoms with Gasteiger partial charge in [0.15, 0.2) is 6.10 Å². The second-order valence-corrected chi connectivity index (χ2v) is 6.22. The van der Waals surface area contributed by atoms with E-state index in [4.69, 9.17) is 14.2 Å². The van der Waals surface area contributed by atoms with E-state index in [-0.39, 0.29) is 12.0 Å². The maximum Gasteiger partial charge on any atom is 0.261 e. The molecule has 0 saturated carbocycles. The third-order valence-electron chi connectivity index (χ3n) is 3.76. The van der Waals surface area contributed by atoms with Gasteiger partial charge in [-0.3, -0.25) is 4.79 Å². The lowest BCUT2D eigenvalue weighted by Gasteiger charge is -2.17. The third-order valence-corrected chi connectivity index (χ3v) is 3.76. The standard InChI is InChI=1S/C21H27NO4/c1-5-20(26-19-12-10-17(24-4)11-13-19)21(23)22-14-16-6-8-18(9-7-16)25-15(2)3/h6-13,15,20H,5,14H2,1-4H3,(H,22,23)/t20-/m1/s1. The van der Waals surface area contributed by atoms with Crippen molar-refractivity contribution in [2.45, 2.75) is 45.9 Å². The summed E-state index contributed by atoms with van der Waals surface area (Å²) < 4.78 is 16.5. The summed E-state index contributed by atoms with van der Waals surface area (Å²) in [4.78, 5) is 12.4. The molecule has 2 rings (SSSR count). The fourth-order valence-electron chi connectivity index (χ4n) is 2.40. The van der Waals surface area contributed by atoms with Crippen LogP contribution in [0.2, 0.25) is 0 Å². The molecular weight excluding hydrogens is 330 g/mol. The van der Waals surface area contributed by atoms with Gasteiger partial charge in [0.1, 0.15) is 17.2 Å². The first kappa shape index (κ1) is 19.6. The van der Waals surface area contributed by atoms with Crippen molar-refractivity contribution < 1.29 is 19.0 Å². The van der Waals surface area contributed by atoms with Gasteiger partial charge in [0, 0.05) is 6.54 Å². The first-order valence-electron chi connectivity index (χ1n) is 8.85. The van der Waals surface area contributed by atoms with Crippen molar-refractivity contribution in [3.63, 3.8) is 0 Å². The van der Waals surface area contributed by atoms with Crippen LogP contribution in [-0.2, 0) is 11.3 Å². The van der Waals surface area contributed by atoms with Crippen LogP contribution in [0.3, 0.4) is 0 Å². The molecule has 0 bridgehead atoms. The number of ether oxygens (including phenoxy) is 3. The monoisotopic (exact) mass is 357 g/mol. The van der Waals surface area contributed by atoms with Gasteiger partial charge in [-0.2, -0.15) is 0 Å². The van der Waals surface area contributed by atoms with Crippen LogP contribution in [0, 0.1) is 0 Å². The van der Waals surface area contributed by atoms with Crippen molar-refractivity contribution in [1.29, 1.82) is 0 Å². The fraction of sp³-hybridized carbons (Fsp3) is 0.381. The van der Waals surface area contributed by atoms with E-state index in [1.165, 1.54) is 0 Å². The summed E-state index contributed by atoms with van der Waals surface area (Å²) in [7, 11) is 1.61. The van der Waals surface area contributed by atoms with E-state index in [9.17, 15) is 4.79 Å². The highest BCUT2D eigenvalue weighted by Gasteiger charge is 2.18. The molecular formula is C21H27NO4. The Labute approximate surface area is 155 Å². The minimum atomic E-state index is -0.535. The lowest BCUT2D eigenvalue weighted by atomic mass is 10.2. The highest BCUT2D eigenvalue weighted by molar-refractivity contribution is 5.81. The zero-order valence-corrected chi connectivity index (χ0v) is 15.8. The predicted octanol–water partition coefficient (Wildman–Crippen LogP) is 3.96. The van der Waals surface area contributed by atoms with Crippen LogP contribution in [0.4, 0.5) is 0 Å². The van der Waals surface area contributed by atoms with Crippen LogP contribution < -0.4 is 19.5 Å². The molecule has 2 aromatic carbocycles. The average Bonchev–Trinajstić information content (AvgIpc) is 2.65. The second-order valence-electron chi connectivity index (χ2n) is 6.22. The number of methoxy groups -OCH3 is 1. The van der Waals surface area contributed by atoms with Gasteiger partial charge in [0.2, 0.25) is 0 Å². The van der Waals surface area contributed by atoms with Crippen LogP contribution in [0.1, 0.15) is 32.8 Å². The number of amides is 1. The highest BCUT2D eigenvalue weighted by atomic mass is 16.5. The van der Waals surface area contributed by atoms with E-state index < -0.39 is 6.10 Å². The molecule has 0 radical (unpaired) electrons. The molecule has 140 valence electrons. The first-order valence-corrected chi connectivity index (χ1v) is 8.85. The molecule has 0 aliphatic carbocycles. The SMILES string of the molecule is CC[C@@H](Oc1ccc(OC)cc1)C(=O)NCc1ccc(OC(C)C)cc1. The summed E-state index contributed by atoms with van der Waals surface area (Å²) in [5, 5.41) is 2.92. The fourth-order valence-corrected chi connectivity index (χ4v) is 2.40. The number of rotatable bonds is 9. The van der Waals surface area contributed by atoms with E-state index >= 15 is 0 Å². The normalized spacial score (nSPS) is 11.7. The van der Waals surface area contributed by atoms with Gasteiger partial charge in [-0.25, -0.2) is 0 Å². The molecule has 5 nitrogen and oxygen atoms in total. The molecule has 0 heterocycles. The van der Waals surface area contributed by atoms with Crippen LogP contribution in [0.5, 0.6) is 17.2 Å². The number of hydrogen-bond acceptors (Lipinski definition) is 4. The van der Waals surface area contributed by atoms with Crippen molar-refractivity contribution in [1.82, 2.24) is 5.32 Å². The van der Waals surface area contributed by atoms with Gasteiger partial charge in [0.05, 0.1) is 13.2 Å². The maximum atomic E-state index is 12.4. The third kappa shape index (κ3) is 5.99. The quantitative estimate of drug-likeness (QED) is 0.738. The van der Waals surface area contributed by atoms with Crippen molar-refractivity contribution in [3.05, 3.63) is 54.1 Å². The largest absolute Gasteiger partial charge is 0.497 e. The summed E-state index contributed by atoms with van der Waals surface area (Å²) >= 11 is 0. The zero-order chi connectivity index (χ0) is 18.9. The molecule has 0 fully saturated rings. The maximum absolute atomic E-state index is 12.4. The van der Waals surface area contributed by atoms with E-state index in [2.05, 4.69) is 5.32 Å². The Balaban J connectivity index is 1.87. The van der Waals surface area contributed by atoms with Gasteiger partial charge in [-0.05, 0) is 62.2 Å². The highest BCUT2D eigenvalue weighted by Crippen LogP contribution is 2.19. The van der Waals surface area contributed by atoms with Crippen molar-refractivity contribution >= 4 is 5.91 Å². The lowest BCUT2D eigenvalue weighted by Crippen LogP contribution is -2.37. The minimum Gasteiger partial charge on any atom is -0.497 e. The summed E-state index contributed by atoms with van der Waals surface area (Å²) in [6, 6.07) is 14.9. The van der Waals surface area contributed by atoms with E-state index in [1.54, 1.807) is 31.4 Å². The smallest absolute Gasteiger partial charge is 0.261 e. The molecule has 0 saturated heterocycles. The second kappa shape index (κ2) is 9.70. The van der Waals surface area contributed by atoms with Crippen LogP contribution in [0.15, 0.2) is 48.5 Å². The molecule has 26 heavy (non-hydrogen) atoms. The zero-order valence-electron chi connectivity index (χ0n) is 15.8. The Morgan fingerprint density at radius 3 is 2.00 bits per heavy atom. The Bertz CT molecular complexity index is 680. The molecule has 0 aliphatic heterocycles. The van der Waals surface area contributed by atoms with Gasteiger partial charge < -0.3 is 19.5 Å². The Morgan fingerprint density at radius 1 is 0.923 bits per heavy atom. The topological polar surface area (TPSA) is 56.8 Å². The summed E-state index contributed by atoms with van der Waals surface area (Å²) in [5.41, 5.74) is 1.01. The van der Waals surface area contributed by atoms with Crippen molar-refractivity contribution in [2.75, 3.05) is 7.11 Å². The van der Waals surface area contributed by atoms with Gasteiger partial charge in [-0.1, -0.05) is 19.1 Å². The Morgan fingerprint density at radius 2 is 1.46 bits per heavy atom. The lowest BCUT2D eigenvalue weighted by molar-refractivity contribution is -0.128. The molecule has 0 spiro atoms. The number of nitrogens with one attached hydrogen (secondary N) is 1. The molecule has 1 amide bonds. The van der Waals surface area contributed by atoms with Gasteiger partial charge in [-0.15, -0.1) is 0 Å². The molecule has 0 aliphatic rings.